The van der Waals surface area contributed by atoms with Crippen molar-refractivity contribution in [3.05, 3.63) is 0 Å². The van der Waals surface area contributed by atoms with Gasteiger partial charge in [0, 0.05) is 6.42 Å². The largest absolute Gasteiger partial charge is 0.340 e. The van der Waals surface area contributed by atoms with E-state index in [0.717, 1.165) is 12.8 Å². The van der Waals surface area contributed by atoms with Crippen LogP contribution in [0.3, 0.4) is 0 Å². The van der Waals surface area contributed by atoms with E-state index in [2.05, 4.69) is 5.32 Å². The van der Waals surface area contributed by atoms with E-state index in [1.807, 2.05) is 20.8 Å². The van der Waals surface area contributed by atoms with Crippen LogP contribution in [0, 0.1) is 0 Å². The molecular formula is C8H19NO4S. The molecule has 6 heteroatoms. The minimum atomic E-state index is -4.08. The fourth-order valence-corrected chi connectivity index (χ4v) is 0.941. The smallest absolute Gasteiger partial charge is 0.283 e. The number of unbranched alkanes of at least 4 members (excludes halogenated alkanes) is 1. The average molecular weight is 225 g/mol. The topological polar surface area (TPSA) is 83.5 Å². The van der Waals surface area contributed by atoms with Gasteiger partial charge in [-0.3, -0.25) is 9.35 Å². The Kier molecular flexibility index (Phi) is 10.1. The summed E-state index contributed by atoms with van der Waals surface area (Å²) >= 11 is 0. The molecule has 2 N–H and O–H groups in total. The molecule has 0 fully saturated rings. The number of nitrogens with one attached hydrogen (secondary N) is 1. The van der Waals surface area contributed by atoms with Gasteiger partial charge in [0.05, 0.1) is 0 Å². The Morgan fingerprint density at radius 2 is 1.86 bits per heavy atom. The second-order valence-electron chi connectivity index (χ2n) is 2.43. The third-order valence-corrected chi connectivity index (χ3v) is 1.72. The van der Waals surface area contributed by atoms with Gasteiger partial charge in [-0.1, -0.05) is 27.2 Å². The van der Waals surface area contributed by atoms with Crippen LogP contribution in [0.25, 0.3) is 0 Å². The average Bonchev–Trinajstić information content (AvgIpc) is 2.13. The molecule has 0 aromatic rings. The number of carbonyl (C=O) groups is 1. The minimum absolute atomic E-state index is 0.298. The van der Waals surface area contributed by atoms with Crippen LogP contribution in [0.4, 0.5) is 0 Å². The molecular weight excluding hydrogens is 206 g/mol. The summed E-state index contributed by atoms with van der Waals surface area (Å²) in [4.78, 5) is 10.8. The van der Waals surface area contributed by atoms with Crippen molar-refractivity contribution in [2.45, 2.75) is 40.0 Å². The fraction of sp³-hybridized carbons (Fsp3) is 0.875. The molecule has 5 nitrogen and oxygen atoms in total. The lowest BCUT2D eigenvalue weighted by Gasteiger charge is -2.00. The molecule has 86 valence electrons. The van der Waals surface area contributed by atoms with Gasteiger partial charge in [-0.25, -0.2) is 0 Å². The molecule has 0 rings (SSSR count). The summed E-state index contributed by atoms with van der Waals surface area (Å²) in [7, 11) is -4.08. The molecule has 0 aliphatic carbocycles. The zero-order valence-corrected chi connectivity index (χ0v) is 9.73. The van der Waals surface area contributed by atoms with Crippen molar-refractivity contribution < 1.29 is 17.8 Å². The minimum Gasteiger partial charge on any atom is -0.340 e. The lowest BCUT2D eigenvalue weighted by molar-refractivity contribution is -0.120. The highest BCUT2D eigenvalue weighted by Crippen LogP contribution is 1.92. The lowest BCUT2D eigenvalue weighted by Crippen LogP contribution is -2.28. The lowest BCUT2D eigenvalue weighted by atomic mass is 10.2. The maximum absolute atomic E-state index is 10.8. The third kappa shape index (κ3) is 13.9. The Morgan fingerprint density at radius 3 is 2.21 bits per heavy atom. The molecule has 0 aliphatic heterocycles. The predicted molar refractivity (Wildman–Crippen MR) is 55.4 cm³/mol. The standard InChI is InChI=1S/C6H13NO4S.C2H6/c1-2-3-4-6(8)7-5-12(9,10)11;1-2/h2-5H2,1H3,(H,7,8)(H,9,10,11);1-2H3. The van der Waals surface area contributed by atoms with Gasteiger partial charge >= 0.3 is 0 Å². The van der Waals surface area contributed by atoms with Crippen LogP contribution in [0.1, 0.15) is 40.0 Å². The third-order valence-electron chi connectivity index (χ3n) is 1.21. The quantitative estimate of drug-likeness (QED) is 0.688. The molecule has 14 heavy (non-hydrogen) atoms. The number of rotatable bonds is 5. The summed E-state index contributed by atoms with van der Waals surface area (Å²) in [5.74, 6) is -1.05. The molecule has 0 bridgehead atoms. The SMILES string of the molecule is CC.CCCCC(=O)NCS(=O)(=O)O. The summed E-state index contributed by atoms with van der Waals surface area (Å²) in [6.45, 7) is 5.93. The van der Waals surface area contributed by atoms with Gasteiger partial charge < -0.3 is 5.32 Å². The summed E-state index contributed by atoms with van der Waals surface area (Å²) < 4.78 is 28.6. The molecule has 0 spiro atoms. The van der Waals surface area contributed by atoms with E-state index in [1.165, 1.54) is 0 Å². The van der Waals surface area contributed by atoms with Crippen molar-refractivity contribution in [3.8, 4) is 0 Å². The number of hydrogen-bond acceptors (Lipinski definition) is 3. The van der Waals surface area contributed by atoms with Crippen molar-refractivity contribution in [1.29, 1.82) is 0 Å². The second-order valence-corrected chi connectivity index (χ2v) is 3.88. The first-order valence-electron chi connectivity index (χ1n) is 4.67. The summed E-state index contributed by atoms with van der Waals surface area (Å²) in [5, 5.41) is 2.08. The highest BCUT2D eigenvalue weighted by Gasteiger charge is 2.06. The predicted octanol–water partition coefficient (Wildman–Crippen LogP) is 1.16. The van der Waals surface area contributed by atoms with Crippen LogP contribution in [0.15, 0.2) is 0 Å². The molecule has 0 aliphatic rings. The van der Waals surface area contributed by atoms with Crippen LogP contribution in [-0.2, 0) is 14.9 Å². The van der Waals surface area contributed by atoms with Gasteiger partial charge in [-0.2, -0.15) is 8.42 Å². The van der Waals surface area contributed by atoms with E-state index in [1.54, 1.807) is 0 Å². The first kappa shape index (κ1) is 15.8. The van der Waals surface area contributed by atoms with E-state index >= 15 is 0 Å². The number of carbonyl (C=O) groups excluding carboxylic acids is 1. The van der Waals surface area contributed by atoms with Gasteiger partial charge in [0.2, 0.25) is 5.91 Å². The second kappa shape index (κ2) is 8.96. The maximum Gasteiger partial charge on any atom is 0.283 e. The zero-order valence-electron chi connectivity index (χ0n) is 8.91. The van der Waals surface area contributed by atoms with Crippen LogP contribution in [0.5, 0.6) is 0 Å². The summed E-state index contributed by atoms with van der Waals surface area (Å²) in [6, 6.07) is 0. The van der Waals surface area contributed by atoms with Gasteiger partial charge in [-0.15, -0.1) is 0 Å². The highest BCUT2D eigenvalue weighted by atomic mass is 32.2. The van der Waals surface area contributed by atoms with Crippen molar-refractivity contribution in [2.24, 2.45) is 0 Å². The normalized spacial score (nSPS) is 10.0. The molecule has 1 amide bonds. The molecule has 0 heterocycles. The van der Waals surface area contributed by atoms with Gasteiger partial charge in [0.25, 0.3) is 10.1 Å². The van der Waals surface area contributed by atoms with Crippen molar-refractivity contribution in [3.63, 3.8) is 0 Å². The van der Waals surface area contributed by atoms with Crippen molar-refractivity contribution in [2.75, 3.05) is 5.88 Å². The molecule has 0 saturated carbocycles. The highest BCUT2D eigenvalue weighted by molar-refractivity contribution is 7.85. The van der Waals surface area contributed by atoms with Crippen molar-refractivity contribution in [1.82, 2.24) is 5.32 Å². The van der Waals surface area contributed by atoms with E-state index in [0.29, 0.717) is 6.42 Å². The Hall–Kier alpha value is -0.620. The van der Waals surface area contributed by atoms with E-state index < -0.39 is 16.0 Å². The van der Waals surface area contributed by atoms with Crippen LogP contribution in [0.2, 0.25) is 0 Å². The van der Waals surface area contributed by atoms with Gasteiger partial charge in [0.1, 0.15) is 5.88 Å². The molecule has 0 aromatic carbocycles. The van der Waals surface area contributed by atoms with E-state index in [9.17, 15) is 13.2 Å². The Bertz CT molecular complexity index is 236. The van der Waals surface area contributed by atoms with Crippen molar-refractivity contribution >= 4 is 16.0 Å². The summed E-state index contributed by atoms with van der Waals surface area (Å²) in [5.41, 5.74) is 0. The first-order chi connectivity index (χ1) is 6.45. The monoisotopic (exact) mass is 225 g/mol. The fourth-order valence-electron chi connectivity index (χ4n) is 0.597. The van der Waals surface area contributed by atoms with Crippen LogP contribution < -0.4 is 5.32 Å². The van der Waals surface area contributed by atoms with Gasteiger partial charge in [0.15, 0.2) is 0 Å². The maximum atomic E-state index is 10.8. The molecule has 0 atom stereocenters. The number of amides is 1. The van der Waals surface area contributed by atoms with E-state index in [-0.39, 0.29) is 5.91 Å². The molecule has 0 aromatic heterocycles. The van der Waals surface area contributed by atoms with Crippen LogP contribution in [-0.4, -0.2) is 24.8 Å². The Labute approximate surface area is 85.6 Å². The molecule has 0 unspecified atom stereocenters. The van der Waals surface area contributed by atoms with Crippen LogP contribution >= 0.6 is 0 Å². The first-order valence-corrected chi connectivity index (χ1v) is 6.28. The molecule has 0 saturated heterocycles. The zero-order chi connectivity index (χ0) is 11.6. The summed E-state index contributed by atoms with van der Waals surface area (Å²) in [6.07, 6.45) is 1.89. The van der Waals surface area contributed by atoms with E-state index in [4.69, 9.17) is 4.55 Å². The molecule has 0 radical (unpaired) electrons. The number of hydrogen-bond donors (Lipinski definition) is 2. The Morgan fingerprint density at radius 1 is 1.36 bits per heavy atom. The van der Waals surface area contributed by atoms with Gasteiger partial charge in [-0.05, 0) is 6.42 Å². The Balaban J connectivity index is 0.